The normalized spacial score (nSPS) is 8.94. The van der Waals surface area contributed by atoms with Crippen LogP contribution >= 0.6 is 0 Å². The van der Waals surface area contributed by atoms with Crippen molar-refractivity contribution in [2.45, 2.75) is 0 Å². The maximum atomic E-state index is 10.6. The van der Waals surface area contributed by atoms with Gasteiger partial charge < -0.3 is 10.2 Å². The molecule has 0 saturated carbocycles. The first kappa shape index (κ1) is 11.5. The van der Waals surface area contributed by atoms with Gasteiger partial charge in [0.25, 0.3) is 0 Å². The van der Waals surface area contributed by atoms with Gasteiger partial charge in [-0.15, -0.1) is 0 Å². The Kier molecular flexibility index (Phi) is 3.41. The second-order valence-electron chi connectivity index (χ2n) is 2.90. The van der Waals surface area contributed by atoms with Gasteiger partial charge in [-0.3, -0.25) is 0 Å². The average Bonchev–Trinajstić information content (AvgIpc) is 2.25. The summed E-state index contributed by atoms with van der Waals surface area (Å²) in [6, 6.07) is 7.81. The molecule has 0 heterocycles. The zero-order chi connectivity index (χ0) is 12.1. The maximum absolute atomic E-state index is 10.6. The summed E-state index contributed by atoms with van der Waals surface area (Å²) in [7, 11) is 0. The first-order chi connectivity index (χ1) is 7.54. The van der Waals surface area contributed by atoms with E-state index < -0.39 is 17.5 Å². The van der Waals surface area contributed by atoms with Crippen molar-refractivity contribution in [1.82, 2.24) is 0 Å². The van der Waals surface area contributed by atoms with E-state index in [-0.39, 0.29) is 0 Å². The van der Waals surface area contributed by atoms with Gasteiger partial charge in [0.1, 0.15) is 5.57 Å². The summed E-state index contributed by atoms with van der Waals surface area (Å²) in [5.74, 6) is -3.01. The van der Waals surface area contributed by atoms with Gasteiger partial charge in [-0.25, -0.2) is 9.59 Å². The molecular formula is C11H7NO4. The van der Waals surface area contributed by atoms with E-state index in [4.69, 9.17) is 15.5 Å². The SMILES string of the molecule is N#Cc1ccc(C=C(C(=O)O)C(=O)O)cc1. The van der Waals surface area contributed by atoms with Gasteiger partial charge >= 0.3 is 11.9 Å². The van der Waals surface area contributed by atoms with Crippen LogP contribution in [0.4, 0.5) is 0 Å². The maximum Gasteiger partial charge on any atom is 0.343 e. The number of carbonyl (C=O) groups is 2. The van der Waals surface area contributed by atoms with Gasteiger partial charge in [-0.2, -0.15) is 5.26 Å². The van der Waals surface area contributed by atoms with Crippen LogP contribution in [-0.4, -0.2) is 22.2 Å². The van der Waals surface area contributed by atoms with E-state index in [0.29, 0.717) is 11.1 Å². The predicted molar refractivity (Wildman–Crippen MR) is 54.4 cm³/mol. The number of rotatable bonds is 3. The largest absolute Gasteiger partial charge is 0.477 e. The van der Waals surface area contributed by atoms with E-state index in [0.717, 1.165) is 6.08 Å². The minimum absolute atomic E-state index is 0.416. The number of aliphatic carboxylic acids is 2. The molecule has 5 heteroatoms. The molecule has 0 spiro atoms. The molecule has 0 unspecified atom stereocenters. The van der Waals surface area contributed by atoms with Crippen molar-refractivity contribution in [2.24, 2.45) is 0 Å². The molecule has 2 N–H and O–H groups in total. The van der Waals surface area contributed by atoms with Crippen LogP contribution in [0.25, 0.3) is 6.08 Å². The van der Waals surface area contributed by atoms with Crippen LogP contribution in [0.5, 0.6) is 0 Å². The Labute approximate surface area is 90.9 Å². The van der Waals surface area contributed by atoms with Gasteiger partial charge in [0.15, 0.2) is 0 Å². The summed E-state index contributed by atoms with van der Waals surface area (Å²) in [5.41, 5.74) is 0.118. The number of benzene rings is 1. The zero-order valence-electron chi connectivity index (χ0n) is 8.04. The molecule has 0 radical (unpaired) electrons. The molecule has 0 bridgehead atoms. The van der Waals surface area contributed by atoms with Gasteiger partial charge in [-0.05, 0) is 23.8 Å². The minimum atomic E-state index is -1.50. The summed E-state index contributed by atoms with van der Waals surface area (Å²) in [4.78, 5) is 21.1. The summed E-state index contributed by atoms with van der Waals surface area (Å²) in [6.07, 6.45) is 1.03. The summed E-state index contributed by atoms with van der Waals surface area (Å²) >= 11 is 0. The second kappa shape index (κ2) is 4.75. The fraction of sp³-hybridized carbons (Fsp3) is 0. The van der Waals surface area contributed by atoms with E-state index >= 15 is 0 Å². The standard InChI is InChI=1S/C11H7NO4/c12-6-8-3-1-7(2-4-8)5-9(10(13)14)11(15)16/h1-5H,(H,13,14)(H,15,16). The highest BCUT2D eigenvalue weighted by molar-refractivity contribution is 6.16. The Bertz CT molecular complexity index is 478. The number of nitrogens with zero attached hydrogens (tertiary/aromatic N) is 1. The third-order valence-corrected chi connectivity index (χ3v) is 1.81. The predicted octanol–water partition coefficient (Wildman–Crippen LogP) is 1.11. The number of carboxylic acids is 2. The molecule has 0 aromatic heterocycles. The highest BCUT2D eigenvalue weighted by atomic mass is 16.4. The quantitative estimate of drug-likeness (QED) is 0.449. The number of carboxylic acid groups (broad SMARTS) is 2. The lowest BCUT2D eigenvalue weighted by Gasteiger charge is -1.96. The molecule has 0 saturated heterocycles. The van der Waals surface area contributed by atoms with Gasteiger partial charge in [0, 0.05) is 0 Å². The molecule has 1 aromatic carbocycles. The third kappa shape index (κ3) is 2.69. The molecule has 80 valence electrons. The molecule has 0 fully saturated rings. The highest BCUT2D eigenvalue weighted by Gasteiger charge is 2.15. The van der Waals surface area contributed by atoms with Crippen molar-refractivity contribution in [1.29, 1.82) is 5.26 Å². The van der Waals surface area contributed by atoms with Crippen molar-refractivity contribution in [3.8, 4) is 6.07 Å². The Morgan fingerprint density at radius 1 is 1.12 bits per heavy atom. The number of nitriles is 1. The Morgan fingerprint density at radius 3 is 2.00 bits per heavy atom. The first-order valence-corrected chi connectivity index (χ1v) is 4.23. The van der Waals surface area contributed by atoms with E-state index in [1.165, 1.54) is 24.3 Å². The van der Waals surface area contributed by atoms with E-state index in [1.807, 2.05) is 6.07 Å². The van der Waals surface area contributed by atoms with Gasteiger partial charge in [0.05, 0.1) is 11.6 Å². The van der Waals surface area contributed by atoms with Crippen molar-refractivity contribution in [2.75, 3.05) is 0 Å². The lowest BCUT2D eigenvalue weighted by Crippen LogP contribution is -2.10. The molecule has 1 aromatic rings. The van der Waals surface area contributed by atoms with Crippen LogP contribution in [0.2, 0.25) is 0 Å². The molecule has 0 aliphatic rings. The fourth-order valence-electron chi connectivity index (χ4n) is 1.04. The van der Waals surface area contributed by atoms with Crippen LogP contribution in [0.15, 0.2) is 29.8 Å². The second-order valence-corrected chi connectivity index (χ2v) is 2.90. The van der Waals surface area contributed by atoms with Crippen molar-refractivity contribution in [3.05, 3.63) is 41.0 Å². The van der Waals surface area contributed by atoms with Crippen LogP contribution < -0.4 is 0 Å². The molecule has 0 amide bonds. The minimum Gasteiger partial charge on any atom is -0.477 e. The Morgan fingerprint density at radius 2 is 1.62 bits per heavy atom. The van der Waals surface area contributed by atoms with E-state index in [9.17, 15) is 9.59 Å². The topological polar surface area (TPSA) is 98.4 Å². The van der Waals surface area contributed by atoms with E-state index in [1.54, 1.807) is 0 Å². The smallest absolute Gasteiger partial charge is 0.343 e. The molecular weight excluding hydrogens is 210 g/mol. The lowest BCUT2D eigenvalue weighted by molar-refractivity contribution is -0.139. The molecule has 5 nitrogen and oxygen atoms in total. The molecule has 16 heavy (non-hydrogen) atoms. The number of hydrogen-bond donors (Lipinski definition) is 2. The highest BCUT2D eigenvalue weighted by Crippen LogP contribution is 2.09. The monoisotopic (exact) mass is 217 g/mol. The van der Waals surface area contributed by atoms with Crippen molar-refractivity contribution >= 4 is 18.0 Å². The summed E-state index contributed by atoms with van der Waals surface area (Å²) in [6.45, 7) is 0. The Hall–Kier alpha value is -2.61. The summed E-state index contributed by atoms with van der Waals surface area (Å²) in [5, 5.41) is 25.7. The number of hydrogen-bond acceptors (Lipinski definition) is 3. The van der Waals surface area contributed by atoms with Crippen LogP contribution in [0, 0.1) is 11.3 Å². The van der Waals surface area contributed by atoms with Gasteiger partial charge in [0.2, 0.25) is 0 Å². The van der Waals surface area contributed by atoms with Crippen LogP contribution in [0.1, 0.15) is 11.1 Å². The third-order valence-electron chi connectivity index (χ3n) is 1.81. The van der Waals surface area contributed by atoms with Gasteiger partial charge in [-0.1, -0.05) is 12.1 Å². The van der Waals surface area contributed by atoms with Crippen LogP contribution in [0.3, 0.4) is 0 Å². The summed E-state index contributed by atoms with van der Waals surface area (Å²) < 4.78 is 0. The lowest BCUT2D eigenvalue weighted by atomic mass is 10.1. The first-order valence-electron chi connectivity index (χ1n) is 4.23. The molecule has 0 aliphatic heterocycles. The molecule has 0 atom stereocenters. The zero-order valence-corrected chi connectivity index (χ0v) is 8.04. The Balaban J connectivity index is 3.10. The van der Waals surface area contributed by atoms with Crippen LogP contribution in [-0.2, 0) is 9.59 Å². The van der Waals surface area contributed by atoms with E-state index in [2.05, 4.69) is 0 Å². The van der Waals surface area contributed by atoms with Crippen molar-refractivity contribution in [3.63, 3.8) is 0 Å². The molecule has 1 rings (SSSR count). The fourth-order valence-corrected chi connectivity index (χ4v) is 1.04. The molecule has 0 aliphatic carbocycles. The average molecular weight is 217 g/mol. The van der Waals surface area contributed by atoms with Crippen molar-refractivity contribution < 1.29 is 19.8 Å².